The first kappa shape index (κ1) is 22.2. The minimum Gasteiger partial charge on any atom is -0.491 e. The third-order valence-corrected chi connectivity index (χ3v) is 5.73. The molecule has 0 bridgehead atoms. The van der Waals surface area contributed by atoms with Gasteiger partial charge in [0, 0.05) is 31.9 Å². The number of hydrogen-bond donors (Lipinski definition) is 1. The van der Waals surface area contributed by atoms with Crippen molar-refractivity contribution in [3.63, 3.8) is 0 Å². The zero-order valence-electron chi connectivity index (χ0n) is 16.8. The van der Waals surface area contributed by atoms with Gasteiger partial charge < -0.3 is 14.4 Å². The van der Waals surface area contributed by atoms with E-state index in [9.17, 15) is 8.42 Å². The largest absolute Gasteiger partial charge is 0.491 e. The summed E-state index contributed by atoms with van der Waals surface area (Å²) in [7, 11) is -3.56. The second-order valence-corrected chi connectivity index (χ2v) is 8.10. The van der Waals surface area contributed by atoms with Crippen molar-refractivity contribution in [2.24, 2.45) is 0 Å². The average molecular weight is 407 g/mol. The summed E-state index contributed by atoms with van der Waals surface area (Å²) in [5.74, 6) is 0.621. The molecule has 0 saturated carbocycles. The van der Waals surface area contributed by atoms with Crippen molar-refractivity contribution in [3.05, 3.63) is 54.1 Å². The van der Waals surface area contributed by atoms with Gasteiger partial charge in [-0.05, 0) is 62.7 Å². The van der Waals surface area contributed by atoms with Gasteiger partial charge in [0.25, 0.3) is 0 Å². The summed E-state index contributed by atoms with van der Waals surface area (Å²) < 4.78 is 38.4. The van der Waals surface area contributed by atoms with Crippen LogP contribution >= 0.6 is 0 Å². The SMILES string of the molecule is CCOCCOc1ccc(S(=O)(=O)NCCN(CC)c2cccc(C)c2)cc1. The van der Waals surface area contributed by atoms with E-state index in [0.717, 1.165) is 12.2 Å². The zero-order valence-corrected chi connectivity index (χ0v) is 17.7. The molecule has 0 heterocycles. The number of anilines is 1. The number of aryl methyl sites for hydroxylation is 1. The van der Waals surface area contributed by atoms with Gasteiger partial charge in [0.05, 0.1) is 11.5 Å². The Morgan fingerprint density at radius 1 is 1.04 bits per heavy atom. The van der Waals surface area contributed by atoms with Crippen LogP contribution in [0.25, 0.3) is 0 Å². The molecule has 154 valence electrons. The Labute approximate surface area is 168 Å². The molecule has 2 aromatic rings. The highest BCUT2D eigenvalue weighted by molar-refractivity contribution is 7.89. The number of benzene rings is 2. The number of ether oxygens (including phenoxy) is 2. The highest BCUT2D eigenvalue weighted by Gasteiger charge is 2.14. The molecule has 0 fully saturated rings. The van der Waals surface area contributed by atoms with E-state index in [2.05, 4.69) is 22.6 Å². The first-order chi connectivity index (χ1) is 13.5. The summed E-state index contributed by atoms with van der Waals surface area (Å²) in [5, 5.41) is 0. The van der Waals surface area contributed by atoms with Crippen LogP contribution in [-0.2, 0) is 14.8 Å². The predicted molar refractivity (Wildman–Crippen MR) is 113 cm³/mol. The Hall–Kier alpha value is -2.09. The van der Waals surface area contributed by atoms with Crippen molar-refractivity contribution in [1.82, 2.24) is 4.72 Å². The zero-order chi connectivity index (χ0) is 20.4. The van der Waals surface area contributed by atoms with E-state index in [1.165, 1.54) is 5.56 Å². The fourth-order valence-electron chi connectivity index (χ4n) is 2.77. The normalized spacial score (nSPS) is 11.4. The lowest BCUT2D eigenvalue weighted by molar-refractivity contribution is 0.110. The number of sulfonamides is 1. The van der Waals surface area contributed by atoms with Gasteiger partial charge in [0.1, 0.15) is 12.4 Å². The number of rotatable bonds is 12. The molecule has 0 aliphatic heterocycles. The maximum Gasteiger partial charge on any atom is 0.240 e. The van der Waals surface area contributed by atoms with Crippen molar-refractivity contribution < 1.29 is 17.9 Å². The summed E-state index contributed by atoms with van der Waals surface area (Å²) in [6.07, 6.45) is 0. The molecule has 1 N–H and O–H groups in total. The molecule has 7 heteroatoms. The highest BCUT2D eigenvalue weighted by atomic mass is 32.2. The minimum atomic E-state index is -3.56. The van der Waals surface area contributed by atoms with Crippen LogP contribution in [0.15, 0.2) is 53.4 Å². The molecule has 0 aliphatic carbocycles. The Kier molecular flexibility index (Phi) is 8.76. The van der Waals surface area contributed by atoms with E-state index >= 15 is 0 Å². The van der Waals surface area contributed by atoms with E-state index in [0.29, 0.717) is 38.7 Å². The minimum absolute atomic E-state index is 0.225. The summed E-state index contributed by atoms with van der Waals surface area (Å²) >= 11 is 0. The van der Waals surface area contributed by atoms with Crippen LogP contribution in [0.4, 0.5) is 5.69 Å². The van der Waals surface area contributed by atoms with E-state index in [4.69, 9.17) is 9.47 Å². The molecule has 0 atom stereocenters. The summed E-state index contributed by atoms with van der Waals surface area (Å²) in [6.45, 7) is 9.34. The second kappa shape index (κ2) is 11.0. The molecule has 0 amide bonds. The van der Waals surface area contributed by atoms with E-state index in [1.807, 2.05) is 32.0 Å². The molecule has 2 aromatic carbocycles. The predicted octanol–water partition coefficient (Wildman–Crippen LogP) is 3.22. The second-order valence-electron chi connectivity index (χ2n) is 6.33. The molecule has 0 unspecified atom stereocenters. The molecule has 0 spiro atoms. The molecular formula is C21H30N2O4S. The van der Waals surface area contributed by atoms with Crippen molar-refractivity contribution in [3.8, 4) is 5.75 Å². The van der Waals surface area contributed by atoms with E-state index in [-0.39, 0.29) is 4.90 Å². The third-order valence-electron chi connectivity index (χ3n) is 4.26. The highest BCUT2D eigenvalue weighted by Crippen LogP contribution is 2.17. The van der Waals surface area contributed by atoms with Crippen LogP contribution in [0.2, 0.25) is 0 Å². The van der Waals surface area contributed by atoms with Crippen LogP contribution in [0, 0.1) is 6.92 Å². The van der Waals surface area contributed by atoms with E-state index in [1.54, 1.807) is 24.3 Å². The lowest BCUT2D eigenvalue weighted by Gasteiger charge is -2.23. The number of likely N-dealkylation sites (N-methyl/N-ethyl adjacent to an activating group) is 1. The fourth-order valence-corrected chi connectivity index (χ4v) is 3.79. The third kappa shape index (κ3) is 6.82. The monoisotopic (exact) mass is 406 g/mol. The molecule has 6 nitrogen and oxygen atoms in total. The summed E-state index contributed by atoms with van der Waals surface area (Å²) in [4.78, 5) is 2.37. The molecule has 28 heavy (non-hydrogen) atoms. The van der Waals surface area contributed by atoms with Gasteiger partial charge >= 0.3 is 0 Å². The first-order valence-electron chi connectivity index (χ1n) is 9.58. The van der Waals surface area contributed by atoms with Gasteiger partial charge in [-0.2, -0.15) is 0 Å². The van der Waals surface area contributed by atoms with Gasteiger partial charge in [0.2, 0.25) is 10.0 Å². The Morgan fingerprint density at radius 2 is 1.79 bits per heavy atom. The number of nitrogens with one attached hydrogen (secondary N) is 1. The van der Waals surface area contributed by atoms with E-state index < -0.39 is 10.0 Å². The molecule has 0 aromatic heterocycles. The molecule has 2 rings (SSSR count). The van der Waals surface area contributed by atoms with Crippen LogP contribution < -0.4 is 14.4 Å². The molecule has 0 aliphatic rings. The van der Waals surface area contributed by atoms with Crippen molar-refractivity contribution in [2.45, 2.75) is 25.7 Å². The van der Waals surface area contributed by atoms with Crippen LogP contribution in [0.5, 0.6) is 5.75 Å². The summed E-state index contributed by atoms with van der Waals surface area (Å²) in [6, 6.07) is 14.6. The smallest absolute Gasteiger partial charge is 0.240 e. The Morgan fingerprint density at radius 3 is 2.43 bits per heavy atom. The average Bonchev–Trinajstić information content (AvgIpc) is 2.69. The van der Waals surface area contributed by atoms with Crippen LogP contribution in [-0.4, -0.2) is 47.9 Å². The van der Waals surface area contributed by atoms with Gasteiger partial charge in [-0.15, -0.1) is 0 Å². The molecule has 0 radical (unpaired) electrons. The van der Waals surface area contributed by atoms with Crippen LogP contribution in [0.3, 0.4) is 0 Å². The van der Waals surface area contributed by atoms with Gasteiger partial charge in [-0.3, -0.25) is 0 Å². The van der Waals surface area contributed by atoms with Crippen molar-refractivity contribution >= 4 is 15.7 Å². The van der Waals surface area contributed by atoms with Gasteiger partial charge in [-0.1, -0.05) is 12.1 Å². The van der Waals surface area contributed by atoms with Crippen molar-refractivity contribution in [1.29, 1.82) is 0 Å². The fraction of sp³-hybridized carbons (Fsp3) is 0.429. The van der Waals surface area contributed by atoms with Gasteiger partial charge in [0.15, 0.2) is 0 Å². The summed E-state index contributed by atoms with van der Waals surface area (Å²) in [5.41, 5.74) is 2.27. The van der Waals surface area contributed by atoms with Gasteiger partial charge in [-0.25, -0.2) is 13.1 Å². The Bertz CT molecular complexity index is 823. The molecular weight excluding hydrogens is 376 g/mol. The molecule has 0 saturated heterocycles. The first-order valence-corrected chi connectivity index (χ1v) is 11.1. The maximum atomic E-state index is 12.5. The van der Waals surface area contributed by atoms with Crippen LogP contribution in [0.1, 0.15) is 19.4 Å². The number of nitrogens with zero attached hydrogens (tertiary/aromatic N) is 1. The topological polar surface area (TPSA) is 67.9 Å². The standard InChI is InChI=1S/C21H30N2O4S/c1-4-23(19-8-6-7-18(3)17-19)14-13-22-28(24,25)21-11-9-20(10-12-21)27-16-15-26-5-2/h6-12,17,22H,4-5,13-16H2,1-3H3. The maximum absolute atomic E-state index is 12.5. The quantitative estimate of drug-likeness (QED) is 0.548. The van der Waals surface area contributed by atoms with Crippen molar-refractivity contribution in [2.75, 3.05) is 44.4 Å². The Balaban J connectivity index is 1.88. The lowest BCUT2D eigenvalue weighted by atomic mass is 10.2. The lowest BCUT2D eigenvalue weighted by Crippen LogP contribution is -2.35. The number of hydrogen-bond acceptors (Lipinski definition) is 5.